The quantitative estimate of drug-likeness (QED) is 0.809. The van der Waals surface area contributed by atoms with Crippen molar-refractivity contribution < 1.29 is 4.39 Å². The smallest absolute Gasteiger partial charge is 0.126 e. The predicted molar refractivity (Wildman–Crippen MR) is 59.2 cm³/mol. The number of aromatic nitrogens is 1. The van der Waals surface area contributed by atoms with Crippen LogP contribution in [-0.2, 0) is 0 Å². The number of hydrogen-bond donors (Lipinski definition) is 1. The van der Waals surface area contributed by atoms with E-state index in [1.807, 2.05) is 25.2 Å². The fourth-order valence-electron chi connectivity index (χ4n) is 1.36. The molecule has 0 aliphatic heterocycles. The van der Waals surface area contributed by atoms with E-state index in [4.69, 9.17) is 0 Å². The van der Waals surface area contributed by atoms with Gasteiger partial charge in [-0.15, -0.1) is 0 Å². The minimum Gasteiger partial charge on any atom is -0.373 e. The van der Waals surface area contributed by atoms with E-state index in [2.05, 4.69) is 10.3 Å². The van der Waals surface area contributed by atoms with Crippen LogP contribution in [0.25, 0.3) is 11.3 Å². The van der Waals surface area contributed by atoms with Gasteiger partial charge in [-0.05, 0) is 36.4 Å². The van der Waals surface area contributed by atoms with Gasteiger partial charge in [0.2, 0.25) is 0 Å². The molecular weight excluding hydrogens is 191 g/mol. The van der Waals surface area contributed by atoms with Crippen molar-refractivity contribution in [1.29, 1.82) is 0 Å². The molecule has 0 radical (unpaired) electrons. The van der Waals surface area contributed by atoms with Gasteiger partial charge in [0.15, 0.2) is 0 Å². The van der Waals surface area contributed by atoms with Crippen LogP contribution in [0, 0.1) is 5.82 Å². The topological polar surface area (TPSA) is 24.9 Å². The number of halogens is 1. The lowest BCUT2D eigenvalue weighted by atomic mass is 10.1. The molecule has 1 aromatic heterocycles. The van der Waals surface area contributed by atoms with Crippen molar-refractivity contribution in [2.45, 2.75) is 0 Å². The molecule has 15 heavy (non-hydrogen) atoms. The summed E-state index contributed by atoms with van der Waals surface area (Å²) in [4.78, 5) is 4.36. The summed E-state index contributed by atoms with van der Waals surface area (Å²) in [7, 11) is 1.82. The van der Waals surface area contributed by atoms with Gasteiger partial charge in [0.25, 0.3) is 0 Å². The number of rotatable bonds is 2. The van der Waals surface area contributed by atoms with E-state index in [0.717, 1.165) is 17.1 Å². The average Bonchev–Trinajstić information content (AvgIpc) is 2.30. The predicted octanol–water partition coefficient (Wildman–Crippen LogP) is 2.93. The largest absolute Gasteiger partial charge is 0.373 e. The van der Waals surface area contributed by atoms with E-state index in [1.165, 1.54) is 12.1 Å². The van der Waals surface area contributed by atoms with Crippen LogP contribution in [0.3, 0.4) is 0 Å². The van der Waals surface area contributed by atoms with Gasteiger partial charge in [0, 0.05) is 12.6 Å². The summed E-state index contributed by atoms with van der Waals surface area (Å²) in [6, 6.07) is 12.0. The van der Waals surface area contributed by atoms with Gasteiger partial charge in [0.1, 0.15) is 11.6 Å². The third-order valence-corrected chi connectivity index (χ3v) is 2.15. The lowest BCUT2D eigenvalue weighted by molar-refractivity contribution is 0.628. The summed E-state index contributed by atoms with van der Waals surface area (Å²) < 4.78 is 12.7. The van der Waals surface area contributed by atoms with Crippen LogP contribution >= 0.6 is 0 Å². The van der Waals surface area contributed by atoms with E-state index in [0.29, 0.717) is 0 Å². The van der Waals surface area contributed by atoms with Crippen LogP contribution in [0.5, 0.6) is 0 Å². The summed E-state index contributed by atoms with van der Waals surface area (Å²) in [5.41, 5.74) is 1.75. The Morgan fingerprint density at radius 1 is 1.07 bits per heavy atom. The van der Waals surface area contributed by atoms with Crippen LogP contribution in [0.2, 0.25) is 0 Å². The Bertz CT molecular complexity index is 451. The summed E-state index contributed by atoms with van der Waals surface area (Å²) in [5.74, 6) is 0.570. The number of anilines is 1. The Labute approximate surface area is 87.8 Å². The van der Waals surface area contributed by atoms with Gasteiger partial charge >= 0.3 is 0 Å². The highest BCUT2D eigenvalue weighted by molar-refractivity contribution is 5.60. The second-order valence-electron chi connectivity index (χ2n) is 3.16. The maximum atomic E-state index is 12.7. The Morgan fingerprint density at radius 3 is 2.47 bits per heavy atom. The van der Waals surface area contributed by atoms with Gasteiger partial charge in [-0.2, -0.15) is 0 Å². The number of benzene rings is 1. The van der Waals surface area contributed by atoms with Crippen LogP contribution < -0.4 is 5.32 Å². The molecule has 0 aliphatic carbocycles. The van der Waals surface area contributed by atoms with E-state index in [1.54, 1.807) is 12.1 Å². The highest BCUT2D eigenvalue weighted by atomic mass is 19.1. The lowest BCUT2D eigenvalue weighted by Gasteiger charge is -2.03. The summed E-state index contributed by atoms with van der Waals surface area (Å²) >= 11 is 0. The van der Waals surface area contributed by atoms with Crippen LogP contribution in [0.1, 0.15) is 0 Å². The van der Waals surface area contributed by atoms with E-state index in [9.17, 15) is 4.39 Å². The molecule has 2 aromatic rings. The molecule has 0 aliphatic rings. The first-order valence-electron chi connectivity index (χ1n) is 4.70. The Morgan fingerprint density at radius 2 is 1.80 bits per heavy atom. The Hall–Kier alpha value is -1.90. The number of pyridine rings is 1. The van der Waals surface area contributed by atoms with Gasteiger partial charge < -0.3 is 5.32 Å². The zero-order chi connectivity index (χ0) is 10.7. The zero-order valence-electron chi connectivity index (χ0n) is 8.37. The first-order chi connectivity index (χ1) is 7.29. The minimum absolute atomic E-state index is 0.233. The third kappa shape index (κ3) is 2.13. The average molecular weight is 202 g/mol. The van der Waals surface area contributed by atoms with Crippen molar-refractivity contribution in [1.82, 2.24) is 4.98 Å². The maximum Gasteiger partial charge on any atom is 0.126 e. The summed E-state index contributed by atoms with van der Waals surface area (Å²) in [6.07, 6.45) is 0. The Balaban J connectivity index is 2.40. The van der Waals surface area contributed by atoms with E-state index in [-0.39, 0.29) is 5.82 Å². The molecule has 3 heteroatoms. The normalized spacial score (nSPS) is 10.0. The minimum atomic E-state index is -0.233. The van der Waals surface area contributed by atoms with Crippen molar-refractivity contribution in [2.24, 2.45) is 0 Å². The van der Waals surface area contributed by atoms with Crippen molar-refractivity contribution >= 4 is 5.82 Å². The molecule has 2 rings (SSSR count). The number of nitrogens with zero attached hydrogens (tertiary/aromatic N) is 1. The zero-order valence-corrected chi connectivity index (χ0v) is 8.37. The fraction of sp³-hybridized carbons (Fsp3) is 0.0833. The van der Waals surface area contributed by atoms with Gasteiger partial charge in [0.05, 0.1) is 5.69 Å². The number of hydrogen-bond acceptors (Lipinski definition) is 2. The molecular formula is C12H11FN2. The van der Waals surface area contributed by atoms with Crippen LogP contribution in [0.15, 0.2) is 42.5 Å². The Kier molecular flexibility index (Phi) is 2.63. The molecule has 1 N–H and O–H groups in total. The van der Waals surface area contributed by atoms with Gasteiger partial charge in [-0.25, -0.2) is 9.37 Å². The highest BCUT2D eigenvalue weighted by Gasteiger charge is 1.99. The lowest BCUT2D eigenvalue weighted by Crippen LogP contribution is -1.93. The summed E-state index contributed by atoms with van der Waals surface area (Å²) in [6.45, 7) is 0. The van der Waals surface area contributed by atoms with Crippen molar-refractivity contribution in [3.63, 3.8) is 0 Å². The molecule has 2 nitrogen and oxygen atoms in total. The fourth-order valence-corrected chi connectivity index (χ4v) is 1.36. The molecule has 0 spiro atoms. The second-order valence-corrected chi connectivity index (χ2v) is 3.16. The van der Waals surface area contributed by atoms with Crippen LogP contribution in [0.4, 0.5) is 10.2 Å². The maximum absolute atomic E-state index is 12.7. The molecule has 1 heterocycles. The standard InChI is InChI=1S/C12H11FN2/c1-14-12-4-2-3-11(15-12)9-5-7-10(13)8-6-9/h2-8H,1H3,(H,14,15). The van der Waals surface area contributed by atoms with Gasteiger partial charge in [-0.1, -0.05) is 6.07 Å². The summed E-state index contributed by atoms with van der Waals surface area (Å²) in [5, 5.41) is 2.96. The van der Waals surface area contributed by atoms with E-state index < -0.39 is 0 Å². The van der Waals surface area contributed by atoms with Crippen molar-refractivity contribution in [3.8, 4) is 11.3 Å². The molecule has 0 atom stereocenters. The molecule has 0 fully saturated rings. The molecule has 0 amide bonds. The molecule has 0 saturated heterocycles. The van der Waals surface area contributed by atoms with Gasteiger partial charge in [-0.3, -0.25) is 0 Å². The molecule has 0 unspecified atom stereocenters. The monoisotopic (exact) mass is 202 g/mol. The first kappa shape index (κ1) is 9.65. The second kappa shape index (κ2) is 4.09. The number of nitrogens with one attached hydrogen (secondary N) is 1. The van der Waals surface area contributed by atoms with E-state index >= 15 is 0 Å². The van der Waals surface area contributed by atoms with Crippen molar-refractivity contribution in [3.05, 3.63) is 48.3 Å². The molecule has 0 bridgehead atoms. The van der Waals surface area contributed by atoms with Crippen LogP contribution in [-0.4, -0.2) is 12.0 Å². The van der Waals surface area contributed by atoms with Crippen molar-refractivity contribution in [2.75, 3.05) is 12.4 Å². The highest BCUT2D eigenvalue weighted by Crippen LogP contribution is 2.18. The molecule has 1 aromatic carbocycles. The third-order valence-electron chi connectivity index (χ3n) is 2.15. The first-order valence-corrected chi connectivity index (χ1v) is 4.70. The molecule has 0 saturated carbocycles. The SMILES string of the molecule is CNc1cccc(-c2ccc(F)cc2)n1. The molecule has 76 valence electrons.